The summed E-state index contributed by atoms with van der Waals surface area (Å²) in [4.78, 5) is 12.7. The third-order valence-corrected chi connectivity index (χ3v) is 3.35. The molecule has 1 aromatic rings. The monoisotopic (exact) mass is 257 g/mol. The second kappa shape index (κ2) is 5.02. The van der Waals surface area contributed by atoms with Crippen LogP contribution in [0.1, 0.15) is 32.4 Å². The van der Waals surface area contributed by atoms with E-state index in [-0.39, 0.29) is 0 Å². The van der Waals surface area contributed by atoms with Gasteiger partial charge in [0.1, 0.15) is 17.2 Å². The van der Waals surface area contributed by atoms with Crippen molar-refractivity contribution in [1.29, 1.82) is 0 Å². The minimum absolute atomic E-state index is 0.407. The normalized spacial score (nSPS) is 13.7. The first-order chi connectivity index (χ1) is 8.16. The minimum Gasteiger partial charge on any atom is -0.480 e. The molecular weight excluding hydrogens is 240 g/mol. The van der Waals surface area contributed by atoms with E-state index < -0.39 is 29.2 Å². The molecule has 0 saturated heterocycles. The second-order valence-electron chi connectivity index (χ2n) is 4.85. The van der Waals surface area contributed by atoms with Gasteiger partial charge in [0.25, 0.3) is 0 Å². The molecule has 0 aromatic heterocycles. The van der Waals surface area contributed by atoms with Crippen molar-refractivity contribution in [1.82, 2.24) is 4.90 Å². The van der Waals surface area contributed by atoms with E-state index >= 15 is 0 Å². The van der Waals surface area contributed by atoms with E-state index in [0.29, 0.717) is 5.56 Å². The number of likely N-dealkylation sites (N-methyl/N-ethyl adjacent to an activating group) is 1. The van der Waals surface area contributed by atoms with Gasteiger partial charge in [-0.15, -0.1) is 0 Å². The van der Waals surface area contributed by atoms with Gasteiger partial charge >= 0.3 is 5.97 Å². The predicted molar refractivity (Wildman–Crippen MR) is 64.3 cm³/mol. The lowest BCUT2D eigenvalue weighted by atomic mass is 9.98. The van der Waals surface area contributed by atoms with Crippen LogP contribution in [-0.2, 0) is 4.79 Å². The van der Waals surface area contributed by atoms with Gasteiger partial charge in [-0.05, 0) is 45.5 Å². The number of carbonyl (C=O) groups is 1. The number of hydrogen-bond acceptors (Lipinski definition) is 2. The Morgan fingerprint density at radius 1 is 1.28 bits per heavy atom. The van der Waals surface area contributed by atoms with Crippen LogP contribution in [0.3, 0.4) is 0 Å². The number of benzene rings is 1. The number of carboxylic acids is 1. The van der Waals surface area contributed by atoms with E-state index in [1.54, 1.807) is 32.7 Å². The average Bonchev–Trinajstić information content (AvgIpc) is 2.25. The number of hydrogen-bond donors (Lipinski definition) is 1. The van der Waals surface area contributed by atoms with Crippen LogP contribution in [0.2, 0.25) is 0 Å². The summed E-state index contributed by atoms with van der Waals surface area (Å²) in [6, 6.07) is 2.80. The van der Waals surface area contributed by atoms with Gasteiger partial charge in [-0.3, -0.25) is 9.69 Å². The van der Waals surface area contributed by atoms with Crippen LogP contribution in [0.15, 0.2) is 18.2 Å². The zero-order valence-corrected chi connectivity index (χ0v) is 10.9. The van der Waals surface area contributed by atoms with E-state index in [2.05, 4.69) is 0 Å². The molecule has 18 heavy (non-hydrogen) atoms. The molecule has 0 heterocycles. The maximum Gasteiger partial charge on any atom is 0.323 e. The van der Waals surface area contributed by atoms with Gasteiger partial charge in [-0.25, -0.2) is 8.78 Å². The summed E-state index contributed by atoms with van der Waals surface area (Å²) < 4.78 is 26.3. The van der Waals surface area contributed by atoms with Crippen molar-refractivity contribution in [3.05, 3.63) is 35.4 Å². The first-order valence-electron chi connectivity index (χ1n) is 5.58. The van der Waals surface area contributed by atoms with Crippen molar-refractivity contribution < 1.29 is 18.7 Å². The summed E-state index contributed by atoms with van der Waals surface area (Å²) in [6.45, 7) is 4.79. The van der Waals surface area contributed by atoms with Gasteiger partial charge in [0.05, 0.1) is 0 Å². The van der Waals surface area contributed by atoms with Crippen molar-refractivity contribution in [2.75, 3.05) is 7.05 Å². The average molecular weight is 257 g/mol. The highest BCUT2D eigenvalue weighted by molar-refractivity contribution is 5.77. The summed E-state index contributed by atoms with van der Waals surface area (Å²) in [5.74, 6) is -2.33. The van der Waals surface area contributed by atoms with Crippen molar-refractivity contribution >= 4 is 5.97 Å². The molecule has 0 aliphatic rings. The van der Waals surface area contributed by atoms with Gasteiger partial charge in [-0.2, -0.15) is 0 Å². The Morgan fingerprint density at radius 3 is 2.11 bits per heavy atom. The van der Waals surface area contributed by atoms with Gasteiger partial charge in [0.2, 0.25) is 0 Å². The molecule has 1 rings (SSSR count). The predicted octanol–water partition coefficient (Wildman–Crippen LogP) is 2.82. The van der Waals surface area contributed by atoms with Crippen LogP contribution in [0.25, 0.3) is 0 Å². The van der Waals surface area contributed by atoms with Gasteiger partial charge in [-0.1, -0.05) is 0 Å². The highest BCUT2D eigenvalue weighted by Gasteiger charge is 2.35. The Bertz CT molecular complexity index is 440. The molecule has 0 saturated carbocycles. The molecule has 0 spiro atoms. The van der Waals surface area contributed by atoms with Crippen LogP contribution >= 0.6 is 0 Å². The van der Waals surface area contributed by atoms with Crippen molar-refractivity contribution in [3.8, 4) is 0 Å². The van der Waals surface area contributed by atoms with Crippen LogP contribution in [0.5, 0.6) is 0 Å². The fourth-order valence-corrected chi connectivity index (χ4v) is 1.67. The Morgan fingerprint density at radius 2 is 1.72 bits per heavy atom. The lowest BCUT2D eigenvalue weighted by molar-refractivity contribution is -0.149. The molecule has 1 atom stereocenters. The first-order valence-corrected chi connectivity index (χ1v) is 5.58. The highest BCUT2D eigenvalue weighted by atomic mass is 19.1. The number of rotatable bonds is 4. The molecular formula is C13H17F2NO2. The van der Waals surface area contributed by atoms with Gasteiger partial charge in [0.15, 0.2) is 0 Å². The van der Waals surface area contributed by atoms with E-state index in [1.807, 2.05) is 0 Å². The number of nitrogens with zero attached hydrogens (tertiary/aromatic N) is 1. The van der Waals surface area contributed by atoms with Gasteiger partial charge < -0.3 is 5.11 Å². The minimum atomic E-state index is -1.12. The van der Waals surface area contributed by atoms with E-state index in [1.165, 1.54) is 12.1 Å². The number of aliphatic carboxylic acids is 1. The zero-order chi connectivity index (χ0) is 14.1. The fourth-order valence-electron chi connectivity index (χ4n) is 1.67. The molecule has 3 nitrogen and oxygen atoms in total. The van der Waals surface area contributed by atoms with Crippen LogP contribution in [-0.4, -0.2) is 28.6 Å². The summed E-state index contributed by atoms with van der Waals surface area (Å²) in [5, 5.41) is 9.13. The topological polar surface area (TPSA) is 40.5 Å². The first kappa shape index (κ1) is 14.6. The SMILES string of the molecule is CC(c1cc(F)cc(F)c1)N(C)C(C)(C)C(=O)O. The van der Waals surface area contributed by atoms with E-state index in [4.69, 9.17) is 5.11 Å². The second-order valence-corrected chi connectivity index (χ2v) is 4.85. The maximum absolute atomic E-state index is 13.1. The Kier molecular flexibility index (Phi) is 4.06. The molecule has 0 fully saturated rings. The Labute approximate surface area is 105 Å². The van der Waals surface area contributed by atoms with E-state index in [9.17, 15) is 13.6 Å². The van der Waals surface area contributed by atoms with Crippen molar-refractivity contribution in [2.45, 2.75) is 32.4 Å². The molecule has 1 unspecified atom stereocenters. The quantitative estimate of drug-likeness (QED) is 0.901. The third-order valence-electron chi connectivity index (χ3n) is 3.35. The third kappa shape index (κ3) is 2.85. The molecule has 0 aliphatic carbocycles. The standard InChI is InChI=1S/C13H17F2NO2/c1-8(16(4)13(2,3)12(17)18)9-5-10(14)7-11(15)6-9/h5-8H,1-4H3,(H,17,18). The largest absolute Gasteiger partial charge is 0.480 e. The molecule has 1 N–H and O–H groups in total. The summed E-state index contributed by atoms with van der Waals surface area (Å²) in [7, 11) is 1.61. The van der Waals surface area contributed by atoms with E-state index in [0.717, 1.165) is 6.07 Å². The molecule has 0 bridgehead atoms. The lowest BCUT2D eigenvalue weighted by Gasteiger charge is -2.36. The zero-order valence-electron chi connectivity index (χ0n) is 10.9. The number of halogens is 2. The number of carboxylic acid groups (broad SMARTS) is 1. The highest BCUT2D eigenvalue weighted by Crippen LogP contribution is 2.27. The molecule has 5 heteroatoms. The fraction of sp³-hybridized carbons (Fsp3) is 0.462. The molecule has 0 radical (unpaired) electrons. The van der Waals surface area contributed by atoms with Crippen LogP contribution < -0.4 is 0 Å². The summed E-state index contributed by atoms with van der Waals surface area (Å²) in [6.07, 6.45) is 0. The Hall–Kier alpha value is -1.49. The summed E-state index contributed by atoms with van der Waals surface area (Å²) >= 11 is 0. The van der Waals surface area contributed by atoms with Crippen LogP contribution in [0, 0.1) is 11.6 Å². The molecule has 1 aromatic carbocycles. The smallest absolute Gasteiger partial charge is 0.323 e. The molecule has 0 amide bonds. The van der Waals surface area contributed by atoms with Crippen molar-refractivity contribution in [2.24, 2.45) is 0 Å². The van der Waals surface area contributed by atoms with Crippen LogP contribution in [0.4, 0.5) is 8.78 Å². The van der Waals surface area contributed by atoms with Gasteiger partial charge in [0, 0.05) is 12.1 Å². The lowest BCUT2D eigenvalue weighted by Crippen LogP contribution is -2.48. The molecule has 0 aliphatic heterocycles. The Balaban J connectivity index is 3.06. The molecule has 100 valence electrons. The van der Waals surface area contributed by atoms with Crippen molar-refractivity contribution in [3.63, 3.8) is 0 Å². The maximum atomic E-state index is 13.1. The summed E-state index contributed by atoms with van der Waals surface area (Å²) in [5.41, 5.74) is -0.716.